The summed E-state index contributed by atoms with van der Waals surface area (Å²) in [5.41, 5.74) is 3.01. The summed E-state index contributed by atoms with van der Waals surface area (Å²) >= 11 is 8.81. The van der Waals surface area contributed by atoms with E-state index < -0.39 is 0 Å². The number of carbonyl (C=O) groups is 1. The monoisotopic (exact) mass is 416 g/mol. The molecule has 1 aliphatic rings. The molecule has 0 radical (unpaired) electrons. The van der Waals surface area contributed by atoms with E-state index in [9.17, 15) is 4.79 Å². The van der Waals surface area contributed by atoms with Gasteiger partial charge in [-0.3, -0.25) is 0 Å². The number of carbonyl (C=O) groups excluding carboxylic acids is 1. The zero-order valence-electron chi connectivity index (χ0n) is 13.6. The molecular weight excluding hydrogens is 400 g/mol. The second-order valence-electron chi connectivity index (χ2n) is 5.46. The van der Waals surface area contributed by atoms with Gasteiger partial charge in [-0.25, -0.2) is 4.79 Å². The molecule has 1 atom stereocenters. The quantitative estimate of drug-likeness (QED) is 0.583. The van der Waals surface area contributed by atoms with Crippen LogP contribution in [0.2, 0.25) is 0 Å². The van der Waals surface area contributed by atoms with E-state index in [1.807, 2.05) is 54.6 Å². The maximum absolute atomic E-state index is 12.7. The van der Waals surface area contributed by atoms with Gasteiger partial charge in [0.05, 0.1) is 23.9 Å². The Morgan fingerprint density at radius 2 is 1.84 bits per heavy atom. The molecule has 4 nitrogen and oxygen atoms in total. The average Bonchev–Trinajstić information content (AvgIpc) is 2.62. The summed E-state index contributed by atoms with van der Waals surface area (Å²) in [6.07, 6.45) is 0. The second kappa shape index (κ2) is 7.80. The molecular formula is C19H17BrN2O2S. The molecule has 0 saturated heterocycles. The Bertz CT molecular complexity index is 819. The fourth-order valence-electron chi connectivity index (χ4n) is 2.73. The van der Waals surface area contributed by atoms with E-state index in [-0.39, 0.29) is 12.0 Å². The molecule has 128 valence electrons. The first-order valence-electron chi connectivity index (χ1n) is 7.90. The molecule has 0 aromatic heterocycles. The minimum Gasteiger partial charge on any atom is -0.463 e. The van der Waals surface area contributed by atoms with E-state index in [2.05, 4.69) is 26.6 Å². The Morgan fingerprint density at radius 1 is 1.16 bits per heavy atom. The van der Waals surface area contributed by atoms with E-state index >= 15 is 0 Å². The van der Waals surface area contributed by atoms with Crippen LogP contribution in [0.4, 0.5) is 0 Å². The van der Waals surface area contributed by atoms with Crippen LogP contribution in [0.15, 0.2) is 64.6 Å². The first kappa shape index (κ1) is 17.6. The van der Waals surface area contributed by atoms with Crippen molar-refractivity contribution in [2.75, 3.05) is 6.61 Å². The highest BCUT2D eigenvalue weighted by atomic mass is 79.9. The highest BCUT2D eigenvalue weighted by Crippen LogP contribution is 2.32. The summed E-state index contributed by atoms with van der Waals surface area (Å²) in [7, 11) is 0. The Hall–Kier alpha value is -2.18. The van der Waals surface area contributed by atoms with Gasteiger partial charge in [0.2, 0.25) is 0 Å². The van der Waals surface area contributed by atoms with Crippen molar-refractivity contribution in [3.05, 3.63) is 75.8 Å². The van der Waals surface area contributed by atoms with Crippen molar-refractivity contribution in [1.82, 2.24) is 10.6 Å². The lowest BCUT2D eigenvalue weighted by atomic mass is 9.93. The number of hydrogen-bond donors (Lipinski definition) is 2. The van der Waals surface area contributed by atoms with Gasteiger partial charge in [-0.2, -0.15) is 0 Å². The van der Waals surface area contributed by atoms with Crippen LogP contribution < -0.4 is 10.6 Å². The van der Waals surface area contributed by atoms with E-state index in [0.29, 0.717) is 23.0 Å². The van der Waals surface area contributed by atoms with Crippen LogP contribution in [0.5, 0.6) is 0 Å². The van der Waals surface area contributed by atoms with Crippen LogP contribution in [0.1, 0.15) is 24.1 Å². The largest absolute Gasteiger partial charge is 0.463 e. The fourth-order valence-corrected chi connectivity index (χ4v) is 3.22. The Morgan fingerprint density at radius 3 is 2.48 bits per heavy atom. The molecule has 3 rings (SSSR count). The van der Waals surface area contributed by atoms with Gasteiger partial charge in [-0.1, -0.05) is 58.4 Å². The molecule has 0 saturated carbocycles. The molecule has 6 heteroatoms. The lowest BCUT2D eigenvalue weighted by Gasteiger charge is -2.31. The number of rotatable bonds is 4. The van der Waals surface area contributed by atoms with E-state index in [0.717, 1.165) is 15.6 Å². The summed E-state index contributed by atoms with van der Waals surface area (Å²) in [6.45, 7) is 2.10. The highest BCUT2D eigenvalue weighted by molar-refractivity contribution is 9.10. The minimum absolute atomic E-state index is 0.307. The summed E-state index contributed by atoms with van der Waals surface area (Å²) in [5.74, 6) is -0.364. The number of thiocarbonyl (C=S) groups is 1. The topological polar surface area (TPSA) is 50.4 Å². The Balaban J connectivity index is 2.16. The Kier molecular flexibility index (Phi) is 5.50. The van der Waals surface area contributed by atoms with Crippen molar-refractivity contribution in [2.24, 2.45) is 0 Å². The van der Waals surface area contributed by atoms with Crippen molar-refractivity contribution in [3.63, 3.8) is 0 Å². The SMILES string of the molecule is CCOC(=O)C1=C(c2ccccc2)NC(=S)N[C@@H]1c1ccc(Br)cc1. The van der Waals surface area contributed by atoms with Crippen LogP contribution in [-0.4, -0.2) is 17.7 Å². The zero-order chi connectivity index (χ0) is 17.8. The maximum Gasteiger partial charge on any atom is 0.338 e. The van der Waals surface area contributed by atoms with Gasteiger partial charge in [-0.05, 0) is 42.4 Å². The van der Waals surface area contributed by atoms with Crippen LogP contribution in [0.25, 0.3) is 5.70 Å². The smallest absolute Gasteiger partial charge is 0.338 e. The lowest BCUT2D eigenvalue weighted by molar-refractivity contribution is -0.138. The van der Waals surface area contributed by atoms with E-state index in [4.69, 9.17) is 17.0 Å². The number of benzene rings is 2. The molecule has 1 aliphatic heterocycles. The van der Waals surface area contributed by atoms with Crippen molar-refractivity contribution >= 4 is 44.9 Å². The van der Waals surface area contributed by atoms with Gasteiger partial charge in [0, 0.05) is 4.47 Å². The van der Waals surface area contributed by atoms with E-state index in [1.54, 1.807) is 6.92 Å². The second-order valence-corrected chi connectivity index (χ2v) is 6.78. The van der Waals surface area contributed by atoms with Crippen molar-refractivity contribution < 1.29 is 9.53 Å². The number of ether oxygens (including phenoxy) is 1. The third kappa shape index (κ3) is 3.91. The Labute approximate surface area is 160 Å². The molecule has 1 heterocycles. The molecule has 0 aliphatic carbocycles. The van der Waals surface area contributed by atoms with Gasteiger partial charge in [0.25, 0.3) is 0 Å². The molecule has 2 N–H and O–H groups in total. The molecule has 0 spiro atoms. The fraction of sp³-hybridized carbons (Fsp3) is 0.158. The summed E-state index contributed by atoms with van der Waals surface area (Å²) in [4.78, 5) is 12.7. The van der Waals surface area contributed by atoms with Gasteiger partial charge < -0.3 is 15.4 Å². The first-order valence-corrected chi connectivity index (χ1v) is 9.10. The third-order valence-electron chi connectivity index (χ3n) is 3.83. The number of halogens is 1. The molecule has 0 bridgehead atoms. The predicted octanol–water partition coefficient (Wildman–Crippen LogP) is 3.94. The number of hydrogen-bond acceptors (Lipinski definition) is 3. The van der Waals surface area contributed by atoms with Crippen LogP contribution >= 0.6 is 28.1 Å². The van der Waals surface area contributed by atoms with Gasteiger partial charge in [0.1, 0.15) is 0 Å². The van der Waals surface area contributed by atoms with Crippen LogP contribution in [-0.2, 0) is 9.53 Å². The highest BCUT2D eigenvalue weighted by Gasteiger charge is 2.32. The first-order chi connectivity index (χ1) is 12.1. The molecule has 0 unspecified atom stereocenters. The number of esters is 1. The molecule has 2 aromatic carbocycles. The van der Waals surface area contributed by atoms with Crippen molar-refractivity contribution in [3.8, 4) is 0 Å². The van der Waals surface area contributed by atoms with Crippen molar-refractivity contribution in [2.45, 2.75) is 13.0 Å². The molecule has 25 heavy (non-hydrogen) atoms. The van der Waals surface area contributed by atoms with Crippen LogP contribution in [0, 0.1) is 0 Å². The summed E-state index contributed by atoms with van der Waals surface area (Å²) in [5, 5.41) is 6.78. The molecule has 2 aromatic rings. The average molecular weight is 417 g/mol. The standard InChI is InChI=1S/C19H17BrN2O2S/c1-2-24-18(23)15-16(12-6-4-3-5-7-12)21-19(25)22-17(15)13-8-10-14(20)11-9-13/h3-11,17H,2H2,1H3,(H2,21,22,25)/t17-/m1/s1. The summed E-state index contributed by atoms with van der Waals surface area (Å²) in [6, 6.07) is 17.1. The van der Waals surface area contributed by atoms with Crippen molar-refractivity contribution in [1.29, 1.82) is 0 Å². The number of nitrogens with one attached hydrogen (secondary N) is 2. The van der Waals surface area contributed by atoms with Gasteiger partial charge >= 0.3 is 5.97 Å². The maximum atomic E-state index is 12.7. The molecule has 0 amide bonds. The van der Waals surface area contributed by atoms with E-state index in [1.165, 1.54) is 0 Å². The minimum atomic E-state index is -0.379. The lowest BCUT2D eigenvalue weighted by Crippen LogP contribution is -2.45. The molecule has 0 fully saturated rings. The third-order valence-corrected chi connectivity index (χ3v) is 4.58. The van der Waals surface area contributed by atoms with Gasteiger partial charge in [-0.15, -0.1) is 0 Å². The van der Waals surface area contributed by atoms with Crippen LogP contribution in [0.3, 0.4) is 0 Å². The normalized spacial score (nSPS) is 16.9. The zero-order valence-corrected chi connectivity index (χ0v) is 16.0. The summed E-state index contributed by atoms with van der Waals surface area (Å²) < 4.78 is 6.28. The van der Waals surface area contributed by atoms with Gasteiger partial charge in [0.15, 0.2) is 5.11 Å². The predicted molar refractivity (Wildman–Crippen MR) is 106 cm³/mol.